The molecule has 2 heterocycles. The van der Waals surface area contributed by atoms with Gasteiger partial charge in [-0.3, -0.25) is 4.79 Å². The van der Waals surface area contributed by atoms with Gasteiger partial charge in [0.15, 0.2) is 0 Å². The number of nitrogens with zero attached hydrogens (tertiary/aromatic N) is 1. The standard InChI is InChI=1S/C13H17N3O2/c14-8-1-4-12(11(5-8)13(15)17)16-6-9-2-3-10(7-16)18-9/h1,4-5,9-10H,2-3,6-7,14H2,(H2,15,17). The predicted molar refractivity (Wildman–Crippen MR) is 69.5 cm³/mol. The van der Waals surface area contributed by atoms with Gasteiger partial charge in [0.2, 0.25) is 0 Å². The van der Waals surface area contributed by atoms with Gasteiger partial charge in [-0.2, -0.15) is 0 Å². The number of anilines is 2. The van der Waals surface area contributed by atoms with Crippen LogP contribution in [-0.2, 0) is 4.74 Å². The lowest BCUT2D eigenvalue weighted by molar-refractivity contribution is 0.0304. The lowest BCUT2D eigenvalue weighted by atomic mass is 10.1. The summed E-state index contributed by atoms with van der Waals surface area (Å²) in [6, 6.07) is 5.33. The maximum atomic E-state index is 11.5. The van der Waals surface area contributed by atoms with Crippen molar-refractivity contribution in [3.05, 3.63) is 23.8 Å². The van der Waals surface area contributed by atoms with E-state index in [1.807, 2.05) is 6.07 Å². The smallest absolute Gasteiger partial charge is 0.250 e. The Morgan fingerprint density at radius 1 is 1.28 bits per heavy atom. The normalized spacial score (nSPS) is 26.3. The van der Waals surface area contributed by atoms with Crippen molar-refractivity contribution in [2.24, 2.45) is 5.73 Å². The van der Waals surface area contributed by atoms with E-state index in [0.29, 0.717) is 11.3 Å². The van der Waals surface area contributed by atoms with Gasteiger partial charge in [0.25, 0.3) is 5.91 Å². The van der Waals surface area contributed by atoms with Gasteiger partial charge < -0.3 is 21.1 Å². The molecule has 18 heavy (non-hydrogen) atoms. The molecule has 2 fully saturated rings. The molecule has 0 aliphatic carbocycles. The number of nitrogen functional groups attached to an aromatic ring is 1. The highest BCUT2D eigenvalue weighted by atomic mass is 16.5. The lowest BCUT2D eigenvalue weighted by Gasteiger charge is -2.34. The number of carbonyl (C=O) groups is 1. The molecule has 2 saturated heterocycles. The minimum absolute atomic E-state index is 0.280. The summed E-state index contributed by atoms with van der Waals surface area (Å²) < 4.78 is 5.79. The molecule has 96 valence electrons. The Balaban J connectivity index is 1.94. The summed E-state index contributed by atoms with van der Waals surface area (Å²) >= 11 is 0. The number of carbonyl (C=O) groups excluding carboxylic acids is 1. The molecule has 3 rings (SSSR count). The number of ether oxygens (including phenoxy) is 1. The quantitative estimate of drug-likeness (QED) is 0.755. The first kappa shape index (κ1) is 11.3. The van der Waals surface area contributed by atoms with Crippen molar-refractivity contribution in [2.75, 3.05) is 23.7 Å². The number of nitrogens with two attached hydrogens (primary N) is 2. The third-order valence-corrected chi connectivity index (χ3v) is 3.67. The Bertz CT molecular complexity index is 477. The summed E-state index contributed by atoms with van der Waals surface area (Å²) in [5, 5.41) is 0. The summed E-state index contributed by atoms with van der Waals surface area (Å²) in [6.07, 6.45) is 2.76. The van der Waals surface area contributed by atoms with E-state index in [4.69, 9.17) is 16.2 Å². The van der Waals surface area contributed by atoms with Gasteiger partial charge in [-0.1, -0.05) is 0 Å². The Labute approximate surface area is 106 Å². The zero-order chi connectivity index (χ0) is 12.7. The van der Waals surface area contributed by atoms with Gasteiger partial charge in [-0.15, -0.1) is 0 Å². The second-order valence-electron chi connectivity index (χ2n) is 5.00. The second-order valence-corrected chi connectivity index (χ2v) is 5.00. The van der Waals surface area contributed by atoms with E-state index in [9.17, 15) is 4.79 Å². The molecule has 1 amide bonds. The number of hydrogen-bond acceptors (Lipinski definition) is 4. The maximum absolute atomic E-state index is 11.5. The molecule has 5 heteroatoms. The summed E-state index contributed by atoms with van der Waals surface area (Å²) in [5.41, 5.74) is 13.1. The van der Waals surface area contributed by atoms with Crippen LogP contribution in [0.1, 0.15) is 23.2 Å². The third-order valence-electron chi connectivity index (χ3n) is 3.67. The van der Waals surface area contributed by atoms with Gasteiger partial charge in [0.05, 0.1) is 17.8 Å². The molecule has 0 radical (unpaired) electrons. The minimum atomic E-state index is -0.434. The van der Waals surface area contributed by atoms with Crippen LogP contribution in [0.4, 0.5) is 11.4 Å². The summed E-state index contributed by atoms with van der Waals surface area (Å²) in [7, 11) is 0. The number of amides is 1. The van der Waals surface area contributed by atoms with Crippen LogP contribution >= 0.6 is 0 Å². The van der Waals surface area contributed by atoms with Gasteiger partial charge in [0.1, 0.15) is 0 Å². The summed E-state index contributed by atoms with van der Waals surface area (Å²) in [4.78, 5) is 13.7. The first-order chi connectivity index (χ1) is 8.63. The lowest BCUT2D eigenvalue weighted by Crippen LogP contribution is -2.43. The van der Waals surface area contributed by atoms with Crippen molar-refractivity contribution >= 4 is 17.3 Å². The van der Waals surface area contributed by atoms with E-state index in [1.165, 1.54) is 0 Å². The van der Waals surface area contributed by atoms with Gasteiger partial charge in [0, 0.05) is 24.5 Å². The highest BCUT2D eigenvalue weighted by Gasteiger charge is 2.34. The molecular weight excluding hydrogens is 230 g/mol. The monoisotopic (exact) mass is 247 g/mol. The van der Waals surface area contributed by atoms with Crippen LogP contribution in [0.25, 0.3) is 0 Å². The van der Waals surface area contributed by atoms with E-state index in [2.05, 4.69) is 4.90 Å². The molecule has 2 atom stereocenters. The van der Waals surface area contributed by atoms with Crippen LogP contribution in [0.15, 0.2) is 18.2 Å². The number of fused-ring (bicyclic) bond motifs is 2. The Hall–Kier alpha value is -1.75. The zero-order valence-corrected chi connectivity index (χ0v) is 10.1. The molecule has 0 spiro atoms. The van der Waals surface area contributed by atoms with E-state index >= 15 is 0 Å². The van der Waals surface area contributed by atoms with Crippen molar-refractivity contribution in [3.8, 4) is 0 Å². The molecule has 1 aromatic rings. The summed E-state index contributed by atoms with van der Waals surface area (Å²) in [6.45, 7) is 1.64. The fourth-order valence-electron chi connectivity index (χ4n) is 2.84. The molecule has 2 aliphatic heterocycles. The average molecular weight is 247 g/mol. The van der Waals surface area contributed by atoms with Crippen LogP contribution < -0.4 is 16.4 Å². The van der Waals surface area contributed by atoms with E-state index < -0.39 is 5.91 Å². The van der Waals surface area contributed by atoms with Crippen LogP contribution in [0, 0.1) is 0 Å². The second kappa shape index (κ2) is 4.17. The molecule has 4 N–H and O–H groups in total. The molecule has 0 saturated carbocycles. The Morgan fingerprint density at radius 3 is 2.56 bits per heavy atom. The minimum Gasteiger partial charge on any atom is -0.399 e. The number of benzene rings is 1. The number of rotatable bonds is 2. The molecule has 5 nitrogen and oxygen atoms in total. The van der Waals surface area contributed by atoms with Crippen molar-refractivity contribution in [1.82, 2.24) is 0 Å². The zero-order valence-electron chi connectivity index (χ0n) is 10.1. The topological polar surface area (TPSA) is 81.6 Å². The fourth-order valence-corrected chi connectivity index (χ4v) is 2.84. The average Bonchev–Trinajstić information content (AvgIpc) is 2.68. The highest BCUT2D eigenvalue weighted by Crippen LogP contribution is 2.31. The highest BCUT2D eigenvalue weighted by molar-refractivity contribution is 5.99. The molecule has 2 aliphatic rings. The maximum Gasteiger partial charge on any atom is 0.250 e. The van der Waals surface area contributed by atoms with Crippen molar-refractivity contribution in [3.63, 3.8) is 0 Å². The molecular formula is C13H17N3O2. The SMILES string of the molecule is NC(=O)c1cc(N)ccc1N1CC2CCC(C1)O2. The van der Waals surface area contributed by atoms with E-state index in [-0.39, 0.29) is 12.2 Å². The molecule has 1 aromatic carbocycles. The van der Waals surface area contributed by atoms with E-state index in [0.717, 1.165) is 31.6 Å². The first-order valence-corrected chi connectivity index (χ1v) is 6.23. The van der Waals surface area contributed by atoms with E-state index in [1.54, 1.807) is 12.1 Å². The van der Waals surface area contributed by atoms with Gasteiger partial charge >= 0.3 is 0 Å². The van der Waals surface area contributed by atoms with Crippen molar-refractivity contribution in [1.29, 1.82) is 0 Å². The van der Waals surface area contributed by atoms with Crippen molar-refractivity contribution in [2.45, 2.75) is 25.0 Å². The largest absolute Gasteiger partial charge is 0.399 e. The fraction of sp³-hybridized carbons (Fsp3) is 0.462. The van der Waals surface area contributed by atoms with Gasteiger partial charge in [-0.05, 0) is 31.0 Å². The Kier molecular flexibility index (Phi) is 2.63. The molecule has 0 aromatic heterocycles. The molecule has 2 bridgehead atoms. The molecule has 2 unspecified atom stereocenters. The number of morpholine rings is 1. The van der Waals surface area contributed by atoms with Crippen molar-refractivity contribution < 1.29 is 9.53 Å². The number of primary amides is 1. The summed E-state index contributed by atoms with van der Waals surface area (Å²) in [5.74, 6) is -0.434. The third kappa shape index (κ3) is 1.90. The van der Waals surface area contributed by atoms with Crippen LogP contribution in [0.2, 0.25) is 0 Å². The Morgan fingerprint density at radius 2 is 1.94 bits per heavy atom. The predicted octanol–water partition coefficient (Wildman–Crippen LogP) is 0.735. The van der Waals surface area contributed by atoms with Crippen LogP contribution in [-0.4, -0.2) is 31.2 Å². The van der Waals surface area contributed by atoms with Crippen LogP contribution in [0.3, 0.4) is 0 Å². The first-order valence-electron chi connectivity index (χ1n) is 6.23. The van der Waals surface area contributed by atoms with Gasteiger partial charge in [-0.25, -0.2) is 0 Å². The number of hydrogen-bond donors (Lipinski definition) is 2. The van der Waals surface area contributed by atoms with Crippen LogP contribution in [0.5, 0.6) is 0 Å².